The van der Waals surface area contributed by atoms with Crippen molar-refractivity contribution in [2.45, 2.75) is 31.7 Å². The van der Waals surface area contributed by atoms with Crippen LogP contribution in [0.15, 0.2) is 36.7 Å². The van der Waals surface area contributed by atoms with Gasteiger partial charge in [-0.1, -0.05) is 30.3 Å². The standard InChI is InChI=1S/C19H26N6O/c1-23-12-17(16-5-3-2-4-6-16)11-19(14-23)7-9-24(10-8-19)18(26)13-25-21-15-20-22-25/h2-6,15,17H,7-14H2,1H3/t17-/m0/s1. The van der Waals surface area contributed by atoms with Gasteiger partial charge >= 0.3 is 0 Å². The molecule has 0 saturated carbocycles. The Morgan fingerprint density at radius 1 is 1.23 bits per heavy atom. The first-order valence-corrected chi connectivity index (χ1v) is 9.36. The van der Waals surface area contributed by atoms with Crippen molar-refractivity contribution in [2.24, 2.45) is 5.41 Å². The zero-order valence-corrected chi connectivity index (χ0v) is 15.3. The van der Waals surface area contributed by atoms with Gasteiger partial charge in [-0.25, -0.2) is 0 Å². The van der Waals surface area contributed by atoms with Crippen LogP contribution in [0.4, 0.5) is 0 Å². The SMILES string of the molecule is CN1C[C@@H](c2ccccc2)CC2(CCN(C(=O)Cn3ncnn3)CC2)C1. The number of nitrogens with zero attached hydrogens (tertiary/aromatic N) is 6. The molecule has 1 aromatic heterocycles. The number of hydrogen-bond donors (Lipinski definition) is 0. The number of piperidine rings is 2. The van der Waals surface area contributed by atoms with Crippen molar-refractivity contribution in [1.82, 2.24) is 30.0 Å². The van der Waals surface area contributed by atoms with Crippen LogP contribution in [0.2, 0.25) is 0 Å². The van der Waals surface area contributed by atoms with Gasteiger partial charge in [-0.2, -0.15) is 4.80 Å². The maximum Gasteiger partial charge on any atom is 0.246 e. The molecular weight excluding hydrogens is 328 g/mol. The van der Waals surface area contributed by atoms with Gasteiger partial charge in [-0.15, -0.1) is 10.2 Å². The summed E-state index contributed by atoms with van der Waals surface area (Å²) < 4.78 is 0. The summed E-state index contributed by atoms with van der Waals surface area (Å²) in [6.45, 7) is 4.07. The lowest BCUT2D eigenvalue weighted by molar-refractivity contribution is -0.135. The molecule has 26 heavy (non-hydrogen) atoms. The van der Waals surface area contributed by atoms with Crippen molar-refractivity contribution < 1.29 is 4.79 Å². The third-order valence-corrected chi connectivity index (χ3v) is 5.93. The number of carbonyl (C=O) groups is 1. The molecule has 3 heterocycles. The second kappa shape index (κ2) is 7.15. The van der Waals surface area contributed by atoms with Gasteiger partial charge in [-0.3, -0.25) is 4.79 Å². The van der Waals surface area contributed by atoms with E-state index in [0.29, 0.717) is 11.3 Å². The molecule has 7 nitrogen and oxygen atoms in total. The molecule has 1 atom stereocenters. The molecule has 7 heteroatoms. The summed E-state index contributed by atoms with van der Waals surface area (Å²) in [6.07, 6.45) is 4.71. The lowest BCUT2D eigenvalue weighted by Crippen LogP contribution is -2.52. The Morgan fingerprint density at radius 2 is 2.00 bits per heavy atom. The second-order valence-electron chi connectivity index (χ2n) is 7.86. The number of likely N-dealkylation sites (N-methyl/N-ethyl adjacent to an activating group) is 1. The quantitative estimate of drug-likeness (QED) is 0.834. The molecule has 0 N–H and O–H groups in total. The van der Waals surface area contributed by atoms with E-state index in [4.69, 9.17) is 0 Å². The van der Waals surface area contributed by atoms with Crippen molar-refractivity contribution in [3.63, 3.8) is 0 Å². The van der Waals surface area contributed by atoms with Crippen LogP contribution in [0.25, 0.3) is 0 Å². The van der Waals surface area contributed by atoms with Gasteiger partial charge in [0.15, 0.2) is 6.33 Å². The minimum Gasteiger partial charge on any atom is -0.341 e. The van der Waals surface area contributed by atoms with Crippen LogP contribution in [-0.2, 0) is 11.3 Å². The normalized spacial score (nSPS) is 23.3. The van der Waals surface area contributed by atoms with E-state index < -0.39 is 0 Å². The third-order valence-electron chi connectivity index (χ3n) is 5.93. The highest BCUT2D eigenvalue weighted by Gasteiger charge is 2.42. The predicted octanol–water partition coefficient (Wildman–Crippen LogP) is 1.40. The number of aromatic nitrogens is 4. The van der Waals surface area contributed by atoms with E-state index in [1.165, 1.54) is 23.1 Å². The number of carbonyl (C=O) groups excluding carboxylic acids is 1. The largest absolute Gasteiger partial charge is 0.341 e. The summed E-state index contributed by atoms with van der Waals surface area (Å²) in [5, 5.41) is 11.4. The van der Waals surface area contributed by atoms with Crippen molar-refractivity contribution in [2.75, 3.05) is 33.2 Å². The highest BCUT2D eigenvalue weighted by Crippen LogP contribution is 2.44. The summed E-state index contributed by atoms with van der Waals surface area (Å²) in [7, 11) is 2.23. The van der Waals surface area contributed by atoms with Crippen LogP contribution in [0, 0.1) is 5.41 Å². The molecule has 1 aromatic carbocycles. The number of benzene rings is 1. The van der Waals surface area contributed by atoms with Crippen LogP contribution < -0.4 is 0 Å². The molecule has 138 valence electrons. The molecule has 0 radical (unpaired) electrons. The highest BCUT2D eigenvalue weighted by molar-refractivity contribution is 5.75. The van der Waals surface area contributed by atoms with Crippen molar-refractivity contribution >= 4 is 5.91 Å². The fourth-order valence-corrected chi connectivity index (χ4v) is 4.69. The fraction of sp³-hybridized carbons (Fsp3) is 0.579. The Hall–Kier alpha value is -2.28. The van der Waals surface area contributed by atoms with Crippen molar-refractivity contribution in [1.29, 1.82) is 0 Å². The maximum atomic E-state index is 12.5. The molecule has 0 aliphatic carbocycles. The van der Waals surface area contributed by atoms with Gasteiger partial charge in [0, 0.05) is 26.2 Å². The minimum atomic E-state index is 0.0848. The van der Waals surface area contributed by atoms with E-state index in [9.17, 15) is 4.79 Å². The predicted molar refractivity (Wildman–Crippen MR) is 97.4 cm³/mol. The summed E-state index contributed by atoms with van der Waals surface area (Å²) in [5.41, 5.74) is 1.75. The molecule has 2 aliphatic rings. The lowest BCUT2D eigenvalue weighted by atomic mass is 9.68. The lowest BCUT2D eigenvalue weighted by Gasteiger charge is -2.49. The van der Waals surface area contributed by atoms with Crippen LogP contribution in [0.5, 0.6) is 0 Å². The van der Waals surface area contributed by atoms with E-state index in [2.05, 4.69) is 57.7 Å². The molecule has 1 amide bonds. The monoisotopic (exact) mass is 354 g/mol. The van der Waals surface area contributed by atoms with Gasteiger partial charge in [0.05, 0.1) is 0 Å². The van der Waals surface area contributed by atoms with Crippen LogP contribution >= 0.6 is 0 Å². The average Bonchev–Trinajstić information content (AvgIpc) is 3.15. The van der Waals surface area contributed by atoms with Crippen molar-refractivity contribution in [3.8, 4) is 0 Å². The smallest absolute Gasteiger partial charge is 0.246 e. The Morgan fingerprint density at radius 3 is 2.69 bits per heavy atom. The summed E-state index contributed by atoms with van der Waals surface area (Å²) in [6, 6.07) is 10.9. The van der Waals surface area contributed by atoms with Crippen LogP contribution in [0.1, 0.15) is 30.7 Å². The van der Waals surface area contributed by atoms with Gasteiger partial charge in [0.2, 0.25) is 5.91 Å². The number of rotatable bonds is 3. The molecule has 1 spiro atoms. The van der Waals surface area contributed by atoms with Crippen molar-refractivity contribution in [3.05, 3.63) is 42.2 Å². The van der Waals surface area contributed by atoms with E-state index in [-0.39, 0.29) is 12.5 Å². The minimum absolute atomic E-state index is 0.0848. The van der Waals surface area contributed by atoms with Gasteiger partial charge in [-0.05, 0) is 48.4 Å². The zero-order chi connectivity index (χ0) is 18.0. The fourth-order valence-electron chi connectivity index (χ4n) is 4.69. The molecule has 2 saturated heterocycles. The number of amides is 1. The molecule has 0 bridgehead atoms. The topological polar surface area (TPSA) is 67.2 Å². The summed E-state index contributed by atoms with van der Waals surface area (Å²) in [4.78, 5) is 18.3. The Labute approximate surface area is 154 Å². The van der Waals surface area contributed by atoms with E-state index in [0.717, 1.165) is 39.0 Å². The zero-order valence-electron chi connectivity index (χ0n) is 15.3. The number of hydrogen-bond acceptors (Lipinski definition) is 5. The third kappa shape index (κ3) is 3.62. The first-order chi connectivity index (χ1) is 12.6. The molecule has 0 unspecified atom stereocenters. The average molecular weight is 354 g/mol. The first kappa shape index (κ1) is 17.1. The molecule has 2 fully saturated rings. The molecule has 2 aliphatic heterocycles. The number of likely N-dealkylation sites (tertiary alicyclic amines) is 2. The van der Waals surface area contributed by atoms with Gasteiger partial charge in [0.25, 0.3) is 0 Å². The maximum absolute atomic E-state index is 12.5. The Kier molecular flexibility index (Phi) is 4.72. The second-order valence-corrected chi connectivity index (χ2v) is 7.86. The van der Waals surface area contributed by atoms with Gasteiger partial charge in [0.1, 0.15) is 6.54 Å². The highest BCUT2D eigenvalue weighted by atomic mass is 16.2. The molecule has 2 aromatic rings. The van der Waals surface area contributed by atoms with E-state index in [1.807, 2.05) is 4.90 Å². The van der Waals surface area contributed by atoms with E-state index >= 15 is 0 Å². The van der Waals surface area contributed by atoms with Gasteiger partial charge < -0.3 is 9.80 Å². The Balaban J connectivity index is 1.40. The molecular formula is C19H26N6O. The van der Waals surface area contributed by atoms with Crippen LogP contribution in [0.3, 0.4) is 0 Å². The Bertz CT molecular complexity index is 724. The first-order valence-electron chi connectivity index (χ1n) is 9.36. The number of tetrazole rings is 1. The summed E-state index contributed by atoms with van der Waals surface area (Å²) in [5.74, 6) is 0.665. The van der Waals surface area contributed by atoms with E-state index in [1.54, 1.807) is 0 Å². The molecule has 4 rings (SSSR count). The van der Waals surface area contributed by atoms with Crippen LogP contribution in [-0.4, -0.2) is 69.1 Å². The summed E-state index contributed by atoms with van der Waals surface area (Å²) >= 11 is 0.